The summed E-state index contributed by atoms with van der Waals surface area (Å²) in [5.41, 5.74) is 17.7. The first-order chi connectivity index (χ1) is 30.0. The third kappa shape index (κ3) is 6.96. The summed E-state index contributed by atoms with van der Waals surface area (Å²) in [5.74, 6) is 0. The summed E-state index contributed by atoms with van der Waals surface area (Å²) < 4.78 is 0. The summed E-state index contributed by atoms with van der Waals surface area (Å²) in [6.45, 7) is 15.7. The molecule has 0 saturated heterocycles. The number of hydrogen-bond acceptors (Lipinski definition) is 2. The minimum Gasteiger partial charge on any atom is -0.310 e. The molecule has 62 heavy (non-hydrogen) atoms. The van der Waals surface area contributed by atoms with Crippen molar-refractivity contribution in [2.45, 2.75) is 53.9 Å². The van der Waals surface area contributed by atoms with Crippen molar-refractivity contribution in [3.8, 4) is 22.3 Å². The molecule has 2 heteroatoms. The van der Waals surface area contributed by atoms with Gasteiger partial charge in [-0.05, 0) is 156 Å². The molecule has 0 spiro atoms. The van der Waals surface area contributed by atoms with Crippen LogP contribution in [-0.2, 0) is 5.41 Å². The smallest absolute Gasteiger partial charge is 0.0546 e. The Morgan fingerprint density at radius 1 is 0.323 bits per heavy atom. The lowest BCUT2D eigenvalue weighted by Crippen LogP contribution is -2.15. The van der Waals surface area contributed by atoms with E-state index in [2.05, 4.69) is 246 Å². The molecule has 0 radical (unpaired) electrons. The SMILES string of the molecule is Cc1ccc(N(c2ccc(C)cc2)c2cc3c(-c4ccccc4)cc(-c4ccccc4)c4cc(N(c5ccc(C)cc5)c5ccc(C)cc5)c5cc(C(C)(C)C)cc2c5c34)cc1. The van der Waals surface area contributed by atoms with E-state index in [9.17, 15) is 0 Å². The van der Waals surface area contributed by atoms with Crippen molar-refractivity contribution in [1.82, 2.24) is 0 Å². The molecule has 0 aliphatic heterocycles. The maximum absolute atomic E-state index is 2.50. The number of anilines is 6. The van der Waals surface area contributed by atoms with Gasteiger partial charge in [-0.25, -0.2) is 0 Å². The Hall–Kier alpha value is -7.16. The summed E-state index contributed by atoms with van der Waals surface area (Å²) in [7, 11) is 0. The van der Waals surface area contributed by atoms with Crippen molar-refractivity contribution in [2.75, 3.05) is 9.80 Å². The first-order valence-electron chi connectivity index (χ1n) is 21.8. The molecule has 0 aromatic heterocycles. The maximum atomic E-state index is 2.50. The fraction of sp³-hybridized carbons (Fsp3) is 0.133. The number of nitrogens with zero attached hydrogens (tertiary/aromatic N) is 2. The summed E-state index contributed by atoms with van der Waals surface area (Å²) in [4.78, 5) is 4.97. The van der Waals surface area contributed by atoms with Gasteiger partial charge in [-0.15, -0.1) is 0 Å². The highest BCUT2D eigenvalue weighted by Gasteiger charge is 2.28. The van der Waals surface area contributed by atoms with Gasteiger partial charge in [-0.1, -0.05) is 152 Å². The Labute approximate surface area is 366 Å². The van der Waals surface area contributed by atoms with Crippen molar-refractivity contribution < 1.29 is 0 Å². The Kier molecular flexibility index (Phi) is 9.68. The molecule has 0 fully saturated rings. The second-order valence-electron chi connectivity index (χ2n) is 18.2. The van der Waals surface area contributed by atoms with Gasteiger partial charge in [0.15, 0.2) is 0 Å². The van der Waals surface area contributed by atoms with E-state index < -0.39 is 0 Å². The van der Waals surface area contributed by atoms with Crippen LogP contribution < -0.4 is 9.80 Å². The van der Waals surface area contributed by atoms with Crippen LogP contribution in [0.1, 0.15) is 48.6 Å². The van der Waals surface area contributed by atoms with Crippen LogP contribution in [0.2, 0.25) is 0 Å². The monoisotopic (exact) mass is 800 g/mol. The number of rotatable bonds is 8. The summed E-state index contributed by atoms with van der Waals surface area (Å²) in [5, 5.41) is 7.46. The van der Waals surface area contributed by atoms with E-state index in [0.29, 0.717) is 0 Å². The molecular formula is C60H52N2. The molecule has 0 bridgehead atoms. The first kappa shape index (κ1) is 39.0. The zero-order valence-electron chi connectivity index (χ0n) is 36.8. The van der Waals surface area contributed by atoms with Crippen LogP contribution in [0.3, 0.4) is 0 Å². The molecule has 10 rings (SSSR count). The largest absolute Gasteiger partial charge is 0.310 e. The quantitative estimate of drug-likeness (QED) is 0.141. The van der Waals surface area contributed by atoms with E-state index in [1.54, 1.807) is 0 Å². The Bertz CT molecular complexity index is 2900. The average Bonchev–Trinajstić information content (AvgIpc) is 3.28. The van der Waals surface area contributed by atoms with Crippen LogP contribution in [0.25, 0.3) is 54.6 Å². The molecule has 0 amide bonds. The molecular weight excluding hydrogens is 749 g/mol. The van der Waals surface area contributed by atoms with Gasteiger partial charge >= 0.3 is 0 Å². The highest BCUT2D eigenvalue weighted by molar-refractivity contribution is 6.33. The lowest BCUT2D eigenvalue weighted by Gasteiger charge is -2.33. The number of hydrogen-bond donors (Lipinski definition) is 0. The van der Waals surface area contributed by atoms with E-state index in [1.165, 1.54) is 82.4 Å². The molecule has 0 heterocycles. The fourth-order valence-electron chi connectivity index (χ4n) is 9.17. The van der Waals surface area contributed by atoms with E-state index in [0.717, 1.165) is 34.1 Å². The van der Waals surface area contributed by atoms with Crippen LogP contribution in [-0.4, -0.2) is 0 Å². The van der Waals surface area contributed by atoms with Crippen molar-refractivity contribution >= 4 is 66.4 Å². The zero-order chi connectivity index (χ0) is 42.7. The third-order valence-corrected chi connectivity index (χ3v) is 12.6. The lowest BCUT2D eigenvalue weighted by molar-refractivity contribution is 0.592. The van der Waals surface area contributed by atoms with Gasteiger partial charge in [0.1, 0.15) is 0 Å². The normalized spacial score (nSPS) is 11.8. The topological polar surface area (TPSA) is 6.48 Å². The predicted octanol–water partition coefficient (Wildman–Crippen LogP) is 17.4. The number of aryl methyl sites for hydroxylation is 4. The van der Waals surface area contributed by atoms with Crippen molar-refractivity contribution in [3.63, 3.8) is 0 Å². The summed E-state index contributed by atoms with van der Waals surface area (Å²) >= 11 is 0. The van der Waals surface area contributed by atoms with Gasteiger partial charge in [0.25, 0.3) is 0 Å². The van der Waals surface area contributed by atoms with Crippen molar-refractivity contribution in [1.29, 1.82) is 0 Å². The highest BCUT2D eigenvalue weighted by Crippen LogP contribution is 2.54. The molecule has 0 N–H and O–H groups in total. The molecule has 10 aromatic rings. The maximum Gasteiger partial charge on any atom is 0.0546 e. The Morgan fingerprint density at radius 3 is 0.935 bits per heavy atom. The minimum atomic E-state index is -0.138. The Morgan fingerprint density at radius 2 is 0.629 bits per heavy atom. The summed E-state index contributed by atoms with van der Waals surface area (Å²) in [6.07, 6.45) is 0. The predicted molar refractivity (Wildman–Crippen MR) is 268 cm³/mol. The highest BCUT2D eigenvalue weighted by atomic mass is 15.2. The first-order valence-corrected chi connectivity index (χ1v) is 21.8. The lowest BCUT2D eigenvalue weighted by atomic mass is 9.80. The van der Waals surface area contributed by atoms with E-state index in [4.69, 9.17) is 0 Å². The van der Waals surface area contributed by atoms with Gasteiger partial charge in [0.05, 0.1) is 11.4 Å². The molecule has 0 atom stereocenters. The van der Waals surface area contributed by atoms with E-state index in [-0.39, 0.29) is 5.41 Å². The molecule has 10 aromatic carbocycles. The van der Waals surface area contributed by atoms with Gasteiger partial charge in [-0.3, -0.25) is 0 Å². The van der Waals surface area contributed by atoms with Crippen LogP contribution in [0.4, 0.5) is 34.1 Å². The van der Waals surface area contributed by atoms with Crippen molar-refractivity contribution in [3.05, 3.63) is 216 Å². The average molecular weight is 801 g/mol. The Balaban J connectivity index is 1.46. The molecule has 2 nitrogen and oxygen atoms in total. The zero-order valence-corrected chi connectivity index (χ0v) is 36.8. The van der Waals surface area contributed by atoms with E-state index in [1.807, 2.05) is 0 Å². The summed E-state index contributed by atoms with van der Waals surface area (Å²) in [6, 6.07) is 70.4. The van der Waals surface area contributed by atoms with Crippen LogP contribution >= 0.6 is 0 Å². The van der Waals surface area contributed by atoms with Crippen molar-refractivity contribution in [2.24, 2.45) is 0 Å². The second kappa shape index (κ2) is 15.4. The second-order valence-corrected chi connectivity index (χ2v) is 18.2. The molecule has 0 aliphatic carbocycles. The van der Waals surface area contributed by atoms with Gasteiger partial charge in [0.2, 0.25) is 0 Å². The van der Waals surface area contributed by atoms with E-state index >= 15 is 0 Å². The standard InChI is InChI=1S/C60H52N2/c1-39-18-26-46(27-19-39)61(47-28-20-40(2)21-29-47)56-37-52-50(43-14-10-8-11-15-43)36-51(44-16-12-9-13-17-44)53-38-57(55-35-45(60(5,6)7)34-54(56)59(55)58(52)53)62(48-30-22-41(3)23-31-48)49-32-24-42(4)25-33-49/h8-38H,1-7H3. The molecule has 0 unspecified atom stereocenters. The third-order valence-electron chi connectivity index (χ3n) is 12.6. The van der Waals surface area contributed by atoms with Gasteiger partial charge in [0, 0.05) is 38.9 Å². The van der Waals surface area contributed by atoms with Gasteiger partial charge in [-0.2, -0.15) is 0 Å². The van der Waals surface area contributed by atoms with Crippen LogP contribution in [0.5, 0.6) is 0 Å². The molecule has 302 valence electrons. The fourth-order valence-corrected chi connectivity index (χ4v) is 9.17. The van der Waals surface area contributed by atoms with Crippen LogP contribution in [0.15, 0.2) is 188 Å². The molecule has 0 saturated carbocycles. The van der Waals surface area contributed by atoms with Crippen LogP contribution in [0, 0.1) is 27.7 Å². The number of benzene rings is 10. The molecule has 0 aliphatic rings. The van der Waals surface area contributed by atoms with Gasteiger partial charge < -0.3 is 9.80 Å². The minimum absolute atomic E-state index is 0.138.